The fourth-order valence-corrected chi connectivity index (χ4v) is 3.46. The minimum Gasteiger partial charge on any atom is -0.395 e. The van der Waals surface area contributed by atoms with Gasteiger partial charge in [-0.1, -0.05) is 36.2 Å². The lowest BCUT2D eigenvalue weighted by molar-refractivity contribution is -0.133. The molecule has 1 heterocycles. The Morgan fingerprint density at radius 2 is 1.74 bits per heavy atom. The standard InChI is InChI=1S/C19H30N2O2/c1-4-18(14-22)20-7-9-21(10-8-20)19(23)6-5-17-12-15(2)11-16(3)13-17/h11-13,18,22H,4-10,14H2,1-3H3. The van der Waals surface area contributed by atoms with Crippen molar-refractivity contribution in [2.75, 3.05) is 32.8 Å². The first kappa shape index (κ1) is 18.0. The fourth-order valence-electron chi connectivity index (χ4n) is 3.46. The van der Waals surface area contributed by atoms with Crippen molar-refractivity contribution in [3.63, 3.8) is 0 Å². The molecule has 128 valence electrons. The fraction of sp³-hybridized carbons (Fsp3) is 0.632. The van der Waals surface area contributed by atoms with Crippen LogP contribution in [0.5, 0.6) is 0 Å². The molecule has 1 aromatic rings. The Balaban J connectivity index is 1.81. The van der Waals surface area contributed by atoms with Crippen molar-refractivity contribution >= 4 is 5.91 Å². The van der Waals surface area contributed by atoms with E-state index >= 15 is 0 Å². The van der Waals surface area contributed by atoms with Gasteiger partial charge in [-0.15, -0.1) is 0 Å². The number of piperazine rings is 1. The van der Waals surface area contributed by atoms with E-state index < -0.39 is 0 Å². The molecule has 0 radical (unpaired) electrons. The maximum absolute atomic E-state index is 12.4. The van der Waals surface area contributed by atoms with Crippen molar-refractivity contribution in [2.24, 2.45) is 0 Å². The molecule has 1 fully saturated rings. The molecule has 1 aliphatic rings. The topological polar surface area (TPSA) is 43.8 Å². The van der Waals surface area contributed by atoms with Crippen LogP contribution in [-0.2, 0) is 11.2 Å². The number of rotatable bonds is 6. The quantitative estimate of drug-likeness (QED) is 0.874. The van der Waals surface area contributed by atoms with Gasteiger partial charge in [0.05, 0.1) is 6.61 Å². The summed E-state index contributed by atoms with van der Waals surface area (Å²) < 4.78 is 0. The summed E-state index contributed by atoms with van der Waals surface area (Å²) in [6.45, 7) is 9.80. The second-order valence-corrected chi connectivity index (χ2v) is 6.66. The zero-order valence-corrected chi connectivity index (χ0v) is 14.7. The van der Waals surface area contributed by atoms with Crippen molar-refractivity contribution in [1.29, 1.82) is 0 Å². The summed E-state index contributed by atoms with van der Waals surface area (Å²) in [5.41, 5.74) is 3.77. The third-order valence-corrected chi connectivity index (χ3v) is 4.77. The molecule has 0 aromatic heterocycles. The Bertz CT molecular complexity index is 498. The van der Waals surface area contributed by atoms with Crippen LogP contribution < -0.4 is 0 Å². The molecule has 1 aliphatic heterocycles. The molecule has 4 heteroatoms. The Morgan fingerprint density at radius 1 is 1.13 bits per heavy atom. The van der Waals surface area contributed by atoms with E-state index in [1.165, 1.54) is 16.7 Å². The molecule has 0 saturated carbocycles. The van der Waals surface area contributed by atoms with Crippen molar-refractivity contribution in [1.82, 2.24) is 9.80 Å². The maximum atomic E-state index is 12.4. The largest absolute Gasteiger partial charge is 0.395 e. The van der Waals surface area contributed by atoms with Crippen molar-refractivity contribution in [2.45, 2.75) is 46.1 Å². The van der Waals surface area contributed by atoms with Crippen LogP contribution >= 0.6 is 0 Å². The van der Waals surface area contributed by atoms with Crippen LogP contribution in [0.25, 0.3) is 0 Å². The molecular formula is C19H30N2O2. The van der Waals surface area contributed by atoms with E-state index in [1.807, 2.05) is 4.90 Å². The van der Waals surface area contributed by atoms with Gasteiger partial charge in [0, 0.05) is 38.6 Å². The highest BCUT2D eigenvalue weighted by Gasteiger charge is 2.24. The normalized spacial score (nSPS) is 17.3. The maximum Gasteiger partial charge on any atom is 0.222 e. The smallest absolute Gasteiger partial charge is 0.222 e. The summed E-state index contributed by atoms with van der Waals surface area (Å²) in [6.07, 6.45) is 2.35. The predicted molar refractivity (Wildman–Crippen MR) is 93.6 cm³/mol. The van der Waals surface area contributed by atoms with Crippen LogP contribution in [0.15, 0.2) is 18.2 Å². The van der Waals surface area contributed by atoms with Gasteiger partial charge >= 0.3 is 0 Å². The first-order chi connectivity index (χ1) is 11.0. The lowest BCUT2D eigenvalue weighted by Gasteiger charge is -2.38. The number of aliphatic hydroxyl groups is 1. The number of aliphatic hydroxyl groups excluding tert-OH is 1. The molecular weight excluding hydrogens is 288 g/mol. The van der Waals surface area contributed by atoms with Crippen LogP contribution in [0, 0.1) is 13.8 Å². The van der Waals surface area contributed by atoms with E-state index in [4.69, 9.17) is 0 Å². The van der Waals surface area contributed by atoms with Crippen LogP contribution in [0.2, 0.25) is 0 Å². The highest BCUT2D eigenvalue weighted by molar-refractivity contribution is 5.76. The number of nitrogens with zero attached hydrogens (tertiary/aromatic N) is 2. The summed E-state index contributed by atoms with van der Waals surface area (Å²) in [4.78, 5) is 16.7. The van der Waals surface area contributed by atoms with E-state index in [0.29, 0.717) is 6.42 Å². The Labute approximate surface area is 140 Å². The van der Waals surface area contributed by atoms with E-state index in [-0.39, 0.29) is 18.6 Å². The third-order valence-electron chi connectivity index (χ3n) is 4.77. The Hall–Kier alpha value is -1.39. The molecule has 1 amide bonds. The van der Waals surface area contributed by atoms with Gasteiger partial charge in [-0.25, -0.2) is 0 Å². The molecule has 1 aromatic carbocycles. The zero-order chi connectivity index (χ0) is 16.8. The molecule has 23 heavy (non-hydrogen) atoms. The molecule has 1 N–H and O–H groups in total. The monoisotopic (exact) mass is 318 g/mol. The first-order valence-corrected chi connectivity index (χ1v) is 8.73. The Kier molecular flexibility index (Phi) is 6.60. The van der Waals surface area contributed by atoms with Gasteiger partial charge in [0.1, 0.15) is 0 Å². The SMILES string of the molecule is CCC(CO)N1CCN(C(=O)CCc2cc(C)cc(C)c2)CC1. The molecule has 1 atom stereocenters. The second kappa shape index (κ2) is 8.46. The number of amides is 1. The van der Waals surface area contributed by atoms with Gasteiger partial charge in [-0.3, -0.25) is 9.69 Å². The number of aryl methyl sites for hydroxylation is 3. The number of carbonyl (C=O) groups is 1. The van der Waals surface area contributed by atoms with Gasteiger partial charge in [0.25, 0.3) is 0 Å². The van der Waals surface area contributed by atoms with Gasteiger partial charge in [-0.05, 0) is 32.3 Å². The molecule has 0 aliphatic carbocycles. The number of benzene rings is 1. The van der Waals surface area contributed by atoms with E-state index in [1.54, 1.807) is 0 Å². The summed E-state index contributed by atoms with van der Waals surface area (Å²) in [7, 11) is 0. The lowest BCUT2D eigenvalue weighted by Crippen LogP contribution is -2.52. The molecule has 0 spiro atoms. The number of hydrogen-bond donors (Lipinski definition) is 1. The average Bonchev–Trinajstić information content (AvgIpc) is 2.53. The van der Waals surface area contributed by atoms with Crippen molar-refractivity contribution in [3.05, 3.63) is 34.9 Å². The average molecular weight is 318 g/mol. The Morgan fingerprint density at radius 3 is 2.26 bits per heavy atom. The van der Waals surface area contributed by atoms with Gasteiger partial charge in [0.15, 0.2) is 0 Å². The molecule has 1 unspecified atom stereocenters. The van der Waals surface area contributed by atoms with Crippen LogP contribution in [0.4, 0.5) is 0 Å². The van der Waals surface area contributed by atoms with Gasteiger partial charge in [-0.2, -0.15) is 0 Å². The summed E-state index contributed by atoms with van der Waals surface area (Å²) in [5.74, 6) is 0.251. The summed E-state index contributed by atoms with van der Waals surface area (Å²) in [5, 5.41) is 9.39. The summed E-state index contributed by atoms with van der Waals surface area (Å²) in [6, 6.07) is 6.74. The molecule has 0 bridgehead atoms. The van der Waals surface area contributed by atoms with E-state index in [9.17, 15) is 9.90 Å². The highest BCUT2D eigenvalue weighted by atomic mass is 16.3. The highest BCUT2D eigenvalue weighted by Crippen LogP contribution is 2.13. The van der Waals surface area contributed by atoms with Crippen LogP contribution in [0.1, 0.15) is 36.5 Å². The molecule has 4 nitrogen and oxygen atoms in total. The number of hydrogen-bond acceptors (Lipinski definition) is 3. The van der Waals surface area contributed by atoms with Crippen molar-refractivity contribution in [3.8, 4) is 0 Å². The molecule has 1 saturated heterocycles. The summed E-state index contributed by atoms with van der Waals surface area (Å²) >= 11 is 0. The van der Waals surface area contributed by atoms with Gasteiger partial charge < -0.3 is 10.0 Å². The zero-order valence-electron chi connectivity index (χ0n) is 14.7. The predicted octanol–water partition coefficient (Wildman–Crippen LogP) is 2.15. The van der Waals surface area contributed by atoms with Gasteiger partial charge in [0.2, 0.25) is 5.91 Å². The van der Waals surface area contributed by atoms with Crippen LogP contribution in [-0.4, -0.2) is 59.6 Å². The number of carbonyl (C=O) groups excluding carboxylic acids is 1. The second-order valence-electron chi connectivity index (χ2n) is 6.66. The van der Waals surface area contributed by atoms with Crippen molar-refractivity contribution < 1.29 is 9.90 Å². The first-order valence-electron chi connectivity index (χ1n) is 8.73. The van der Waals surface area contributed by atoms with E-state index in [0.717, 1.165) is 39.0 Å². The van der Waals surface area contributed by atoms with Crippen LogP contribution in [0.3, 0.4) is 0 Å². The lowest BCUT2D eigenvalue weighted by atomic mass is 10.0. The molecule has 2 rings (SSSR count). The third kappa shape index (κ3) is 5.05. The minimum atomic E-state index is 0.206. The minimum absolute atomic E-state index is 0.206. The van der Waals surface area contributed by atoms with E-state index in [2.05, 4.69) is 43.9 Å².